The van der Waals surface area contributed by atoms with Gasteiger partial charge in [-0.1, -0.05) is 46.3 Å². The first-order valence-electron chi connectivity index (χ1n) is 7.62. The lowest BCUT2D eigenvalue weighted by Crippen LogP contribution is -2.49. The summed E-state index contributed by atoms with van der Waals surface area (Å²) >= 11 is 3.40. The number of rotatable bonds is 7. The van der Waals surface area contributed by atoms with Crippen LogP contribution in [0.3, 0.4) is 0 Å². The molecule has 5 nitrogen and oxygen atoms in total. The number of aliphatic hydroxyl groups is 1. The Morgan fingerprint density at radius 1 is 1.30 bits per heavy atom. The van der Waals surface area contributed by atoms with Gasteiger partial charge in [-0.05, 0) is 33.3 Å². The van der Waals surface area contributed by atoms with Crippen molar-refractivity contribution in [2.45, 2.75) is 56.9 Å². The van der Waals surface area contributed by atoms with Crippen LogP contribution in [0.4, 0.5) is 4.79 Å². The predicted molar refractivity (Wildman–Crippen MR) is 93.7 cm³/mol. The molecule has 0 aliphatic rings. The number of amides is 1. The Labute approximate surface area is 146 Å². The highest BCUT2D eigenvalue weighted by atomic mass is 79.9. The average molecular weight is 388 g/mol. The molecule has 0 aromatic heterocycles. The third kappa shape index (κ3) is 8.34. The maximum atomic E-state index is 11.9. The van der Waals surface area contributed by atoms with Crippen LogP contribution < -0.4 is 5.32 Å². The molecule has 0 saturated carbocycles. The van der Waals surface area contributed by atoms with Crippen molar-refractivity contribution in [3.05, 3.63) is 35.9 Å². The van der Waals surface area contributed by atoms with E-state index in [0.29, 0.717) is 6.61 Å². The van der Waals surface area contributed by atoms with Gasteiger partial charge in [0, 0.05) is 0 Å². The molecule has 23 heavy (non-hydrogen) atoms. The molecule has 1 amide bonds. The fraction of sp³-hybridized carbons (Fsp3) is 0.588. The van der Waals surface area contributed by atoms with E-state index in [0.717, 1.165) is 5.56 Å². The fourth-order valence-corrected chi connectivity index (χ4v) is 2.17. The molecule has 0 aliphatic carbocycles. The maximum absolute atomic E-state index is 11.9. The summed E-state index contributed by atoms with van der Waals surface area (Å²) < 4.78 is 10.9. The Kier molecular flexibility index (Phi) is 8.02. The third-order valence-electron chi connectivity index (χ3n) is 2.96. The molecule has 2 N–H and O–H groups in total. The van der Waals surface area contributed by atoms with Crippen molar-refractivity contribution in [2.75, 3.05) is 6.61 Å². The summed E-state index contributed by atoms with van der Waals surface area (Å²) in [7, 11) is 0. The lowest BCUT2D eigenvalue weighted by Gasteiger charge is -2.27. The van der Waals surface area contributed by atoms with Gasteiger partial charge in [0.25, 0.3) is 0 Å². The Morgan fingerprint density at radius 3 is 2.43 bits per heavy atom. The van der Waals surface area contributed by atoms with Gasteiger partial charge < -0.3 is 19.9 Å². The third-order valence-corrected chi connectivity index (χ3v) is 4.36. The summed E-state index contributed by atoms with van der Waals surface area (Å²) in [5.41, 5.74) is 0.471. The predicted octanol–water partition coefficient (Wildman–Crippen LogP) is 3.24. The number of hydrogen-bond donors (Lipinski definition) is 2. The van der Waals surface area contributed by atoms with E-state index in [2.05, 4.69) is 21.2 Å². The van der Waals surface area contributed by atoms with E-state index in [1.165, 1.54) is 0 Å². The fourth-order valence-electron chi connectivity index (χ4n) is 1.89. The molecule has 1 aromatic rings. The molecule has 3 atom stereocenters. The number of alkyl carbamates (subject to hydrolysis) is 1. The number of halogens is 1. The van der Waals surface area contributed by atoms with Crippen molar-refractivity contribution in [1.82, 2.24) is 5.32 Å². The summed E-state index contributed by atoms with van der Waals surface area (Å²) in [5.74, 6) is 0. The summed E-state index contributed by atoms with van der Waals surface area (Å²) in [6, 6.07) is 9.36. The number of benzene rings is 1. The standard InChI is InChI=1S/C17H26BrNO4/c1-12(20)15(18)14(19-16(21)23-17(2,3)4)11-22-10-13-8-6-5-7-9-13/h5-9,12,14-15,20H,10-11H2,1-4H3,(H,19,21)/t12?,14-,15+/m0/s1. The van der Waals surface area contributed by atoms with E-state index in [4.69, 9.17) is 9.47 Å². The molecule has 1 unspecified atom stereocenters. The molecule has 1 aromatic carbocycles. The van der Waals surface area contributed by atoms with Gasteiger partial charge in [-0.2, -0.15) is 0 Å². The smallest absolute Gasteiger partial charge is 0.407 e. The van der Waals surface area contributed by atoms with E-state index in [1.54, 1.807) is 27.7 Å². The molecule has 0 bridgehead atoms. The van der Waals surface area contributed by atoms with Crippen molar-refractivity contribution in [3.63, 3.8) is 0 Å². The molecular formula is C17H26BrNO4. The number of ether oxygens (including phenoxy) is 2. The van der Waals surface area contributed by atoms with Gasteiger partial charge in [-0.15, -0.1) is 0 Å². The Hall–Kier alpha value is -1.11. The largest absolute Gasteiger partial charge is 0.444 e. The summed E-state index contributed by atoms with van der Waals surface area (Å²) in [6.45, 7) is 7.75. The Balaban J connectivity index is 2.57. The lowest BCUT2D eigenvalue weighted by atomic mass is 10.1. The highest BCUT2D eigenvalue weighted by Crippen LogP contribution is 2.14. The first-order valence-corrected chi connectivity index (χ1v) is 8.54. The van der Waals surface area contributed by atoms with E-state index in [-0.39, 0.29) is 11.4 Å². The van der Waals surface area contributed by atoms with Crippen LogP contribution in [-0.4, -0.2) is 40.4 Å². The van der Waals surface area contributed by atoms with Crippen LogP contribution >= 0.6 is 15.9 Å². The van der Waals surface area contributed by atoms with Gasteiger partial charge in [-0.3, -0.25) is 0 Å². The molecule has 130 valence electrons. The number of carbonyl (C=O) groups is 1. The molecule has 0 spiro atoms. The van der Waals surface area contributed by atoms with Crippen LogP contribution in [0.5, 0.6) is 0 Å². The van der Waals surface area contributed by atoms with Gasteiger partial charge in [0.15, 0.2) is 0 Å². The lowest BCUT2D eigenvalue weighted by molar-refractivity contribution is 0.0392. The van der Waals surface area contributed by atoms with Crippen LogP contribution in [0, 0.1) is 0 Å². The number of hydrogen-bond acceptors (Lipinski definition) is 4. The minimum absolute atomic E-state index is 0.259. The van der Waals surface area contributed by atoms with Gasteiger partial charge in [0.05, 0.1) is 30.2 Å². The topological polar surface area (TPSA) is 67.8 Å². The molecule has 0 aliphatic heterocycles. The average Bonchev–Trinajstić information content (AvgIpc) is 2.44. The monoisotopic (exact) mass is 387 g/mol. The molecular weight excluding hydrogens is 362 g/mol. The second-order valence-corrected chi connectivity index (χ2v) is 7.50. The molecule has 6 heteroatoms. The molecule has 0 radical (unpaired) electrons. The first-order chi connectivity index (χ1) is 10.7. The zero-order valence-electron chi connectivity index (χ0n) is 14.1. The number of carbonyl (C=O) groups excluding carboxylic acids is 1. The van der Waals surface area contributed by atoms with Gasteiger partial charge >= 0.3 is 6.09 Å². The van der Waals surface area contributed by atoms with Crippen LogP contribution in [-0.2, 0) is 16.1 Å². The Morgan fingerprint density at radius 2 is 1.91 bits per heavy atom. The highest BCUT2D eigenvalue weighted by molar-refractivity contribution is 9.09. The van der Waals surface area contributed by atoms with Gasteiger partial charge in [-0.25, -0.2) is 4.79 Å². The number of alkyl halides is 1. The van der Waals surface area contributed by atoms with E-state index >= 15 is 0 Å². The van der Waals surface area contributed by atoms with Crippen molar-refractivity contribution < 1.29 is 19.4 Å². The minimum Gasteiger partial charge on any atom is -0.444 e. The second kappa shape index (κ2) is 9.25. The Bertz CT molecular complexity index is 473. The molecule has 0 saturated heterocycles. The number of aliphatic hydroxyl groups excluding tert-OH is 1. The van der Waals surface area contributed by atoms with Crippen LogP contribution in [0.15, 0.2) is 30.3 Å². The van der Waals surface area contributed by atoms with Crippen LogP contribution in [0.1, 0.15) is 33.3 Å². The minimum atomic E-state index is -0.643. The van der Waals surface area contributed by atoms with Crippen molar-refractivity contribution in [3.8, 4) is 0 Å². The molecule has 0 fully saturated rings. The maximum Gasteiger partial charge on any atom is 0.407 e. The summed E-state index contributed by atoms with van der Waals surface area (Å²) in [4.78, 5) is 11.6. The zero-order valence-corrected chi connectivity index (χ0v) is 15.7. The normalized spacial score (nSPS) is 15.6. The van der Waals surface area contributed by atoms with E-state index in [9.17, 15) is 9.90 Å². The van der Waals surface area contributed by atoms with Crippen molar-refractivity contribution in [2.24, 2.45) is 0 Å². The van der Waals surface area contributed by atoms with E-state index < -0.39 is 23.8 Å². The van der Waals surface area contributed by atoms with Gasteiger partial charge in [0.2, 0.25) is 0 Å². The SMILES string of the molecule is CC(O)[C@@H](Br)[C@H](COCc1ccccc1)NC(=O)OC(C)(C)C. The summed E-state index contributed by atoms with van der Waals surface area (Å²) in [5, 5.41) is 12.5. The zero-order chi connectivity index (χ0) is 17.5. The highest BCUT2D eigenvalue weighted by Gasteiger charge is 2.27. The number of nitrogens with one attached hydrogen (secondary N) is 1. The van der Waals surface area contributed by atoms with Crippen molar-refractivity contribution in [1.29, 1.82) is 0 Å². The molecule has 0 heterocycles. The van der Waals surface area contributed by atoms with E-state index in [1.807, 2.05) is 30.3 Å². The van der Waals surface area contributed by atoms with Crippen LogP contribution in [0.2, 0.25) is 0 Å². The van der Waals surface area contributed by atoms with Gasteiger partial charge in [0.1, 0.15) is 5.60 Å². The first kappa shape index (κ1) is 19.9. The molecule has 1 rings (SSSR count). The quantitative estimate of drug-likeness (QED) is 0.704. The summed E-state index contributed by atoms with van der Waals surface area (Å²) in [6.07, 6.45) is -1.17. The van der Waals surface area contributed by atoms with Crippen LogP contribution in [0.25, 0.3) is 0 Å². The second-order valence-electron chi connectivity index (χ2n) is 6.44. The van der Waals surface area contributed by atoms with Crippen molar-refractivity contribution >= 4 is 22.0 Å².